The monoisotopic (exact) mass is 244 g/mol. The van der Waals surface area contributed by atoms with Gasteiger partial charge in [0.1, 0.15) is 5.75 Å². The smallest absolute Gasteiger partial charge is 0.133 e. The Hall–Kier alpha value is -1.54. The average Bonchev–Trinajstić information content (AvgIpc) is 2.38. The van der Waals surface area contributed by atoms with Gasteiger partial charge in [0.2, 0.25) is 0 Å². The Morgan fingerprint density at radius 2 is 1.83 bits per heavy atom. The van der Waals surface area contributed by atoms with Crippen LogP contribution in [0.3, 0.4) is 0 Å². The summed E-state index contributed by atoms with van der Waals surface area (Å²) in [6.45, 7) is 5.92. The standard InChI is InChI=1S/C16H20O2/c1-4-11(2)18-16-14(12(3)17)10-9-13-7-5-6-8-15(13)16/h5-12,17H,4H2,1-3H3. The zero-order valence-corrected chi connectivity index (χ0v) is 11.2. The highest BCUT2D eigenvalue weighted by Gasteiger charge is 2.14. The molecule has 1 N–H and O–H groups in total. The first-order chi connectivity index (χ1) is 8.63. The lowest BCUT2D eigenvalue weighted by Gasteiger charge is -2.19. The number of ether oxygens (including phenoxy) is 1. The summed E-state index contributed by atoms with van der Waals surface area (Å²) in [6, 6.07) is 12.1. The minimum absolute atomic E-state index is 0.147. The molecule has 96 valence electrons. The SMILES string of the molecule is CCC(C)Oc1c(C(C)O)ccc2ccccc12. The van der Waals surface area contributed by atoms with Gasteiger partial charge in [-0.15, -0.1) is 0 Å². The molecule has 2 atom stereocenters. The summed E-state index contributed by atoms with van der Waals surface area (Å²) < 4.78 is 6.01. The predicted molar refractivity (Wildman–Crippen MR) is 75.0 cm³/mol. The molecule has 0 aliphatic carbocycles. The molecule has 0 bridgehead atoms. The Labute approximate surface area is 108 Å². The molecule has 0 radical (unpaired) electrons. The fourth-order valence-electron chi connectivity index (χ4n) is 2.00. The molecule has 2 rings (SSSR count). The first-order valence-corrected chi connectivity index (χ1v) is 6.49. The molecule has 2 nitrogen and oxygen atoms in total. The Morgan fingerprint density at radius 1 is 1.11 bits per heavy atom. The fraction of sp³-hybridized carbons (Fsp3) is 0.375. The second kappa shape index (κ2) is 5.40. The van der Waals surface area contributed by atoms with Crippen molar-refractivity contribution in [3.05, 3.63) is 42.0 Å². The summed E-state index contributed by atoms with van der Waals surface area (Å²) in [4.78, 5) is 0. The van der Waals surface area contributed by atoms with Crippen molar-refractivity contribution in [2.24, 2.45) is 0 Å². The number of hydrogen-bond donors (Lipinski definition) is 1. The molecule has 2 aromatic rings. The molecule has 2 heteroatoms. The van der Waals surface area contributed by atoms with E-state index in [-0.39, 0.29) is 6.10 Å². The molecule has 0 fully saturated rings. The topological polar surface area (TPSA) is 29.5 Å². The first kappa shape index (κ1) is 12.9. The van der Waals surface area contributed by atoms with Crippen LogP contribution in [-0.2, 0) is 0 Å². The Kier molecular flexibility index (Phi) is 3.87. The summed E-state index contributed by atoms with van der Waals surface area (Å²) in [5.41, 5.74) is 0.856. The van der Waals surface area contributed by atoms with Gasteiger partial charge in [-0.05, 0) is 25.7 Å². The lowest BCUT2D eigenvalue weighted by atomic mass is 10.0. The lowest BCUT2D eigenvalue weighted by Crippen LogP contribution is -2.12. The van der Waals surface area contributed by atoms with Gasteiger partial charge in [0.05, 0.1) is 12.2 Å². The van der Waals surface area contributed by atoms with Crippen molar-refractivity contribution < 1.29 is 9.84 Å². The van der Waals surface area contributed by atoms with Gasteiger partial charge in [-0.1, -0.05) is 43.3 Å². The number of rotatable bonds is 4. The van der Waals surface area contributed by atoms with Crippen molar-refractivity contribution >= 4 is 10.8 Å². The van der Waals surface area contributed by atoms with Gasteiger partial charge in [0, 0.05) is 10.9 Å². The maximum atomic E-state index is 9.87. The van der Waals surface area contributed by atoms with Crippen molar-refractivity contribution in [3.8, 4) is 5.75 Å². The van der Waals surface area contributed by atoms with E-state index >= 15 is 0 Å². The summed E-state index contributed by atoms with van der Waals surface area (Å²) in [5, 5.41) is 12.1. The van der Waals surface area contributed by atoms with Crippen LogP contribution >= 0.6 is 0 Å². The molecular weight excluding hydrogens is 224 g/mol. The van der Waals surface area contributed by atoms with E-state index in [4.69, 9.17) is 4.74 Å². The van der Waals surface area contributed by atoms with E-state index < -0.39 is 6.10 Å². The summed E-state index contributed by atoms with van der Waals surface area (Å²) in [6.07, 6.45) is 0.574. The van der Waals surface area contributed by atoms with Gasteiger partial charge < -0.3 is 9.84 Å². The van der Waals surface area contributed by atoms with Crippen LogP contribution in [0.2, 0.25) is 0 Å². The number of aliphatic hydroxyl groups is 1. The van der Waals surface area contributed by atoms with Crippen LogP contribution in [0, 0.1) is 0 Å². The molecule has 18 heavy (non-hydrogen) atoms. The molecule has 0 amide bonds. The van der Waals surface area contributed by atoms with E-state index in [1.807, 2.05) is 37.3 Å². The number of fused-ring (bicyclic) bond motifs is 1. The van der Waals surface area contributed by atoms with Gasteiger partial charge in [-0.3, -0.25) is 0 Å². The highest BCUT2D eigenvalue weighted by Crippen LogP contribution is 2.34. The third kappa shape index (κ3) is 2.49. The van der Waals surface area contributed by atoms with E-state index in [2.05, 4.69) is 13.0 Å². The van der Waals surface area contributed by atoms with E-state index in [0.717, 1.165) is 28.5 Å². The molecule has 0 aromatic heterocycles. The van der Waals surface area contributed by atoms with Crippen LogP contribution in [0.25, 0.3) is 10.8 Å². The predicted octanol–water partition coefficient (Wildman–Crippen LogP) is 4.07. The van der Waals surface area contributed by atoms with Crippen LogP contribution in [0.1, 0.15) is 38.9 Å². The zero-order chi connectivity index (χ0) is 13.1. The lowest BCUT2D eigenvalue weighted by molar-refractivity contribution is 0.178. The molecule has 0 saturated heterocycles. The first-order valence-electron chi connectivity index (χ1n) is 6.49. The van der Waals surface area contributed by atoms with Gasteiger partial charge in [-0.2, -0.15) is 0 Å². The van der Waals surface area contributed by atoms with Crippen molar-refractivity contribution in [1.82, 2.24) is 0 Å². The highest BCUT2D eigenvalue weighted by molar-refractivity contribution is 5.89. The van der Waals surface area contributed by atoms with E-state index in [9.17, 15) is 5.11 Å². The molecule has 0 saturated carbocycles. The Morgan fingerprint density at radius 3 is 2.50 bits per heavy atom. The molecule has 0 aliphatic rings. The van der Waals surface area contributed by atoms with Crippen molar-refractivity contribution in [2.45, 2.75) is 39.4 Å². The third-order valence-corrected chi connectivity index (χ3v) is 3.25. The minimum Gasteiger partial charge on any atom is -0.490 e. The van der Waals surface area contributed by atoms with E-state index in [1.54, 1.807) is 6.92 Å². The number of aliphatic hydroxyl groups excluding tert-OH is 1. The van der Waals surface area contributed by atoms with Gasteiger partial charge in [-0.25, -0.2) is 0 Å². The molecule has 0 heterocycles. The molecule has 2 aromatic carbocycles. The third-order valence-electron chi connectivity index (χ3n) is 3.25. The summed E-state index contributed by atoms with van der Waals surface area (Å²) in [5.74, 6) is 0.817. The second-order valence-corrected chi connectivity index (χ2v) is 4.72. The van der Waals surface area contributed by atoms with Crippen molar-refractivity contribution in [1.29, 1.82) is 0 Å². The fourth-order valence-corrected chi connectivity index (χ4v) is 2.00. The van der Waals surface area contributed by atoms with Crippen LogP contribution < -0.4 is 4.74 Å². The van der Waals surface area contributed by atoms with Crippen LogP contribution in [0.15, 0.2) is 36.4 Å². The van der Waals surface area contributed by atoms with Gasteiger partial charge >= 0.3 is 0 Å². The number of hydrogen-bond acceptors (Lipinski definition) is 2. The van der Waals surface area contributed by atoms with Crippen LogP contribution in [0.4, 0.5) is 0 Å². The summed E-state index contributed by atoms with van der Waals surface area (Å²) in [7, 11) is 0. The minimum atomic E-state index is -0.520. The van der Waals surface area contributed by atoms with Gasteiger partial charge in [0.25, 0.3) is 0 Å². The largest absolute Gasteiger partial charge is 0.490 e. The quantitative estimate of drug-likeness (QED) is 0.878. The number of benzene rings is 2. The Balaban J connectivity index is 2.59. The molecule has 0 spiro atoms. The maximum absolute atomic E-state index is 9.87. The average molecular weight is 244 g/mol. The Bertz CT molecular complexity index is 532. The maximum Gasteiger partial charge on any atom is 0.133 e. The highest BCUT2D eigenvalue weighted by atomic mass is 16.5. The van der Waals surface area contributed by atoms with E-state index in [1.165, 1.54) is 0 Å². The van der Waals surface area contributed by atoms with Crippen molar-refractivity contribution in [2.75, 3.05) is 0 Å². The van der Waals surface area contributed by atoms with Crippen LogP contribution in [0.5, 0.6) is 5.75 Å². The summed E-state index contributed by atoms with van der Waals surface area (Å²) >= 11 is 0. The van der Waals surface area contributed by atoms with Crippen molar-refractivity contribution in [3.63, 3.8) is 0 Å². The molecule has 0 aliphatic heterocycles. The van der Waals surface area contributed by atoms with E-state index in [0.29, 0.717) is 0 Å². The molecular formula is C16H20O2. The van der Waals surface area contributed by atoms with Crippen LogP contribution in [-0.4, -0.2) is 11.2 Å². The molecule has 2 unspecified atom stereocenters. The zero-order valence-electron chi connectivity index (χ0n) is 11.2. The van der Waals surface area contributed by atoms with Gasteiger partial charge in [0.15, 0.2) is 0 Å². The normalized spacial score (nSPS) is 14.4. The second-order valence-electron chi connectivity index (χ2n) is 4.72.